The number of hydrogen-bond donors (Lipinski definition) is 1. The zero-order valence-electron chi connectivity index (χ0n) is 12.3. The Morgan fingerprint density at radius 2 is 2.00 bits per heavy atom. The van der Waals surface area contributed by atoms with Crippen LogP contribution in [0, 0.1) is 15.5 Å². The van der Waals surface area contributed by atoms with Crippen molar-refractivity contribution in [1.29, 1.82) is 0 Å². The highest BCUT2D eigenvalue weighted by Gasteiger charge is 2.34. The van der Waals surface area contributed by atoms with Crippen LogP contribution in [0.5, 0.6) is 0 Å². The van der Waals surface area contributed by atoms with Gasteiger partial charge in [0.2, 0.25) is 10.0 Å². The van der Waals surface area contributed by atoms with Crippen molar-refractivity contribution in [3.8, 4) is 0 Å². The Morgan fingerprint density at radius 3 is 2.50 bits per heavy atom. The van der Waals surface area contributed by atoms with Gasteiger partial charge in [0.15, 0.2) is 0 Å². The van der Waals surface area contributed by atoms with Crippen LogP contribution in [0.1, 0.15) is 37.7 Å². The van der Waals surface area contributed by atoms with E-state index >= 15 is 0 Å². The number of benzene rings is 1. The van der Waals surface area contributed by atoms with Crippen LogP contribution in [0.2, 0.25) is 0 Å². The van der Waals surface area contributed by atoms with Gasteiger partial charge in [0.05, 0.1) is 9.82 Å². The van der Waals surface area contributed by atoms with Crippen LogP contribution in [0.25, 0.3) is 0 Å². The molecule has 6 nitrogen and oxygen atoms in total. The Kier molecular flexibility index (Phi) is 4.67. The van der Waals surface area contributed by atoms with E-state index in [0.717, 1.165) is 38.2 Å². The average Bonchev–Trinajstić information content (AvgIpc) is 2.86. The molecular weight excluding hydrogens is 304 g/mol. The molecule has 0 amide bonds. The Balaban J connectivity index is 2.46. The maximum atomic E-state index is 11.8. The van der Waals surface area contributed by atoms with Crippen LogP contribution in [-0.4, -0.2) is 13.3 Å². The molecule has 0 atom stereocenters. The van der Waals surface area contributed by atoms with Gasteiger partial charge in [-0.1, -0.05) is 25.0 Å². The molecule has 0 aliphatic heterocycles. The molecule has 2 rings (SSSR count). The van der Waals surface area contributed by atoms with Gasteiger partial charge in [0.25, 0.3) is 5.69 Å². The summed E-state index contributed by atoms with van der Waals surface area (Å²) in [6.45, 7) is 3.79. The fraction of sp³-hybridized carbons (Fsp3) is 0.467. The number of nitrogens with two attached hydrogens (primary N) is 1. The lowest BCUT2D eigenvalue weighted by Gasteiger charge is -2.28. The summed E-state index contributed by atoms with van der Waals surface area (Å²) in [7, 11) is -4.00. The molecule has 1 aromatic rings. The summed E-state index contributed by atoms with van der Waals surface area (Å²) in [5.41, 5.74) is 0.269. The van der Waals surface area contributed by atoms with E-state index in [0.29, 0.717) is 12.0 Å². The predicted molar refractivity (Wildman–Crippen MR) is 83.9 cm³/mol. The van der Waals surface area contributed by atoms with Crippen LogP contribution in [0.4, 0.5) is 5.69 Å². The zero-order valence-corrected chi connectivity index (χ0v) is 13.1. The molecule has 0 aromatic heterocycles. The highest BCUT2D eigenvalue weighted by molar-refractivity contribution is 7.89. The number of nitrogens with zero attached hydrogens (tertiary/aromatic N) is 1. The van der Waals surface area contributed by atoms with Crippen molar-refractivity contribution in [3.05, 3.63) is 46.5 Å². The molecule has 1 aliphatic carbocycles. The van der Waals surface area contributed by atoms with E-state index in [4.69, 9.17) is 5.14 Å². The highest BCUT2D eigenvalue weighted by Crippen LogP contribution is 2.45. The lowest BCUT2D eigenvalue weighted by molar-refractivity contribution is -0.385. The monoisotopic (exact) mass is 324 g/mol. The zero-order chi connectivity index (χ0) is 16.4. The fourth-order valence-corrected chi connectivity index (χ4v) is 4.15. The normalized spacial score (nSPS) is 17.3. The first-order valence-electron chi connectivity index (χ1n) is 7.18. The second-order valence-electron chi connectivity index (χ2n) is 5.97. The van der Waals surface area contributed by atoms with Crippen molar-refractivity contribution >= 4 is 15.7 Å². The van der Waals surface area contributed by atoms with Gasteiger partial charge >= 0.3 is 0 Å². The molecule has 0 radical (unpaired) electrons. The molecule has 0 spiro atoms. The first kappa shape index (κ1) is 16.6. The van der Waals surface area contributed by atoms with Crippen molar-refractivity contribution in [3.63, 3.8) is 0 Å². The van der Waals surface area contributed by atoms with Gasteiger partial charge in [-0.15, -0.1) is 6.58 Å². The molecule has 1 saturated carbocycles. The molecule has 2 N–H and O–H groups in total. The van der Waals surface area contributed by atoms with Crippen LogP contribution in [0.15, 0.2) is 35.7 Å². The smallest absolute Gasteiger partial charge is 0.258 e. The van der Waals surface area contributed by atoms with Crippen LogP contribution >= 0.6 is 0 Å². The van der Waals surface area contributed by atoms with Crippen molar-refractivity contribution < 1.29 is 13.3 Å². The summed E-state index contributed by atoms with van der Waals surface area (Å²) in [6, 6.07) is 3.91. The molecule has 0 saturated heterocycles. The van der Waals surface area contributed by atoms with E-state index in [2.05, 4.69) is 6.58 Å². The number of nitro benzene ring substituents is 1. The molecule has 0 bridgehead atoms. The maximum Gasteiger partial charge on any atom is 0.270 e. The second kappa shape index (κ2) is 6.18. The number of rotatable bonds is 6. The standard InChI is InChI=1S/C15H20N2O4S/c1-2-7-15(8-3-4-9-15)11-12-5-6-13(17(18)19)10-14(12)22(16,20)21/h2,5-6,10H,1,3-4,7-9,11H2,(H2,16,20,21). The van der Waals surface area contributed by atoms with Gasteiger partial charge in [0, 0.05) is 12.1 Å². The summed E-state index contributed by atoms with van der Waals surface area (Å²) in [6.07, 6.45) is 7.40. The SMILES string of the molecule is C=CCC1(Cc2ccc([N+](=O)[O-])cc2S(N)(=O)=O)CCCC1. The van der Waals surface area contributed by atoms with Crippen LogP contribution in [0.3, 0.4) is 0 Å². The van der Waals surface area contributed by atoms with Gasteiger partial charge in [-0.05, 0) is 36.7 Å². The summed E-state index contributed by atoms with van der Waals surface area (Å²) in [4.78, 5) is 10.1. The molecule has 1 aliphatic rings. The number of hydrogen-bond acceptors (Lipinski definition) is 4. The fourth-order valence-electron chi connectivity index (χ4n) is 3.36. The van der Waals surface area contributed by atoms with E-state index in [1.807, 2.05) is 6.08 Å². The van der Waals surface area contributed by atoms with E-state index in [1.54, 1.807) is 0 Å². The van der Waals surface area contributed by atoms with Gasteiger partial charge in [-0.3, -0.25) is 10.1 Å². The van der Waals surface area contributed by atoms with Crippen molar-refractivity contribution in [2.75, 3.05) is 0 Å². The Labute approximate surface area is 130 Å². The van der Waals surface area contributed by atoms with Crippen molar-refractivity contribution in [1.82, 2.24) is 0 Å². The minimum Gasteiger partial charge on any atom is -0.258 e. The van der Waals surface area contributed by atoms with E-state index < -0.39 is 14.9 Å². The second-order valence-corrected chi connectivity index (χ2v) is 7.50. The first-order chi connectivity index (χ1) is 10.3. The Morgan fingerprint density at radius 1 is 1.36 bits per heavy atom. The number of primary sulfonamides is 1. The van der Waals surface area contributed by atoms with Crippen LogP contribution < -0.4 is 5.14 Å². The predicted octanol–water partition coefficient (Wildman–Crippen LogP) is 2.92. The van der Waals surface area contributed by atoms with Gasteiger partial charge in [0.1, 0.15) is 0 Å². The summed E-state index contributed by atoms with van der Waals surface area (Å²) in [5, 5.41) is 16.1. The summed E-state index contributed by atoms with van der Waals surface area (Å²) in [5.74, 6) is 0. The first-order valence-corrected chi connectivity index (χ1v) is 8.73. The third kappa shape index (κ3) is 3.53. The van der Waals surface area contributed by atoms with Crippen molar-refractivity contribution in [2.24, 2.45) is 10.6 Å². The van der Waals surface area contributed by atoms with Gasteiger partial charge < -0.3 is 0 Å². The lowest BCUT2D eigenvalue weighted by Crippen LogP contribution is -2.22. The summed E-state index contributed by atoms with van der Waals surface area (Å²) < 4.78 is 23.6. The third-order valence-electron chi connectivity index (χ3n) is 4.38. The van der Waals surface area contributed by atoms with Gasteiger partial charge in [-0.25, -0.2) is 13.6 Å². The van der Waals surface area contributed by atoms with Crippen LogP contribution in [-0.2, 0) is 16.4 Å². The Bertz CT molecular complexity index is 691. The maximum absolute atomic E-state index is 11.8. The topological polar surface area (TPSA) is 103 Å². The minimum atomic E-state index is -4.00. The van der Waals surface area contributed by atoms with E-state index in [-0.39, 0.29) is 16.0 Å². The molecule has 1 fully saturated rings. The molecule has 22 heavy (non-hydrogen) atoms. The lowest BCUT2D eigenvalue weighted by atomic mass is 9.77. The highest BCUT2D eigenvalue weighted by atomic mass is 32.2. The number of sulfonamides is 1. The molecule has 0 unspecified atom stereocenters. The summed E-state index contributed by atoms with van der Waals surface area (Å²) >= 11 is 0. The minimum absolute atomic E-state index is 0.0165. The molecule has 1 aromatic carbocycles. The average molecular weight is 324 g/mol. The molecular formula is C15H20N2O4S. The van der Waals surface area contributed by atoms with E-state index in [9.17, 15) is 18.5 Å². The molecule has 7 heteroatoms. The number of allylic oxidation sites excluding steroid dienone is 1. The van der Waals surface area contributed by atoms with E-state index in [1.165, 1.54) is 12.1 Å². The van der Waals surface area contributed by atoms with Crippen molar-refractivity contribution in [2.45, 2.75) is 43.4 Å². The Hall–Kier alpha value is -1.73. The number of non-ortho nitro benzene ring substituents is 1. The quantitative estimate of drug-likeness (QED) is 0.493. The molecule has 120 valence electrons. The largest absolute Gasteiger partial charge is 0.270 e. The third-order valence-corrected chi connectivity index (χ3v) is 5.37. The van der Waals surface area contributed by atoms with Gasteiger partial charge in [-0.2, -0.15) is 0 Å². The molecule has 0 heterocycles. The number of nitro groups is 1.